The topological polar surface area (TPSA) is 41.1 Å². The van der Waals surface area contributed by atoms with E-state index in [0.29, 0.717) is 18.0 Å². The average molecular weight is 314 g/mol. The number of rotatable bonds is 4. The van der Waals surface area contributed by atoms with E-state index in [2.05, 4.69) is 27.1 Å². The normalized spacial score (nSPS) is 18.0. The number of halogens is 1. The van der Waals surface area contributed by atoms with Gasteiger partial charge in [0.1, 0.15) is 23.3 Å². The highest BCUT2D eigenvalue weighted by Crippen LogP contribution is 2.23. The van der Waals surface area contributed by atoms with Crippen LogP contribution >= 0.6 is 0 Å². The molecule has 1 aliphatic heterocycles. The van der Waals surface area contributed by atoms with Gasteiger partial charge < -0.3 is 10.2 Å². The predicted molar refractivity (Wildman–Crippen MR) is 91.1 cm³/mol. The molecule has 122 valence electrons. The molecule has 0 aliphatic carbocycles. The number of nitrogens with zero attached hydrogens (tertiary/aromatic N) is 3. The van der Waals surface area contributed by atoms with Crippen molar-refractivity contribution in [3.05, 3.63) is 47.5 Å². The molecule has 3 rings (SSSR count). The lowest BCUT2D eigenvalue weighted by atomic mass is 10.0. The molecule has 2 heterocycles. The number of aryl methyl sites for hydroxylation is 1. The highest BCUT2D eigenvalue weighted by Gasteiger charge is 2.18. The quantitative estimate of drug-likeness (QED) is 0.932. The van der Waals surface area contributed by atoms with Gasteiger partial charge in [-0.3, -0.25) is 0 Å². The molecule has 1 N–H and O–H groups in total. The zero-order valence-corrected chi connectivity index (χ0v) is 13.7. The molecular weight excluding hydrogens is 291 g/mol. The van der Waals surface area contributed by atoms with E-state index >= 15 is 0 Å². The molecule has 0 bridgehead atoms. The number of nitrogens with one attached hydrogen (secondary N) is 1. The van der Waals surface area contributed by atoms with Gasteiger partial charge in [-0.25, -0.2) is 14.4 Å². The summed E-state index contributed by atoms with van der Waals surface area (Å²) in [6, 6.07) is 8.76. The number of hydrogen-bond donors (Lipinski definition) is 1. The van der Waals surface area contributed by atoms with E-state index in [9.17, 15) is 4.39 Å². The van der Waals surface area contributed by atoms with Crippen molar-refractivity contribution in [3.63, 3.8) is 0 Å². The van der Waals surface area contributed by atoms with Gasteiger partial charge in [0.2, 0.25) is 0 Å². The van der Waals surface area contributed by atoms with Crippen LogP contribution in [-0.2, 0) is 6.54 Å². The third-order valence-corrected chi connectivity index (χ3v) is 4.22. The first-order valence-corrected chi connectivity index (χ1v) is 8.20. The van der Waals surface area contributed by atoms with E-state index in [1.165, 1.54) is 18.9 Å². The molecule has 1 atom stereocenters. The molecule has 0 amide bonds. The van der Waals surface area contributed by atoms with E-state index < -0.39 is 0 Å². The minimum absolute atomic E-state index is 0.198. The average Bonchev–Trinajstić information content (AvgIpc) is 2.54. The fourth-order valence-corrected chi connectivity index (χ4v) is 3.03. The van der Waals surface area contributed by atoms with E-state index in [0.717, 1.165) is 30.5 Å². The van der Waals surface area contributed by atoms with Gasteiger partial charge in [-0.1, -0.05) is 25.1 Å². The summed E-state index contributed by atoms with van der Waals surface area (Å²) in [5.41, 5.74) is 0.636. The van der Waals surface area contributed by atoms with Crippen LogP contribution in [0.2, 0.25) is 0 Å². The van der Waals surface area contributed by atoms with E-state index in [4.69, 9.17) is 0 Å². The lowest BCUT2D eigenvalue weighted by Gasteiger charge is -2.32. The van der Waals surface area contributed by atoms with Crippen LogP contribution in [0.1, 0.15) is 31.2 Å². The number of piperidine rings is 1. The van der Waals surface area contributed by atoms with Gasteiger partial charge >= 0.3 is 0 Å². The summed E-state index contributed by atoms with van der Waals surface area (Å²) in [7, 11) is 0. The third-order valence-electron chi connectivity index (χ3n) is 4.22. The van der Waals surface area contributed by atoms with Crippen molar-refractivity contribution in [2.45, 2.75) is 33.2 Å². The van der Waals surface area contributed by atoms with Gasteiger partial charge in [0.15, 0.2) is 0 Å². The van der Waals surface area contributed by atoms with Crippen molar-refractivity contribution in [1.82, 2.24) is 9.97 Å². The van der Waals surface area contributed by atoms with Gasteiger partial charge in [-0.2, -0.15) is 0 Å². The Labute approximate surface area is 136 Å². The summed E-state index contributed by atoms with van der Waals surface area (Å²) in [5.74, 6) is 2.93. The van der Waals surface area contributed by atoms with Gasteiger partial charge in [0.25, 0.3) is 0 Å². The van der Waals surface area contributed by atoms with E-state index in [1.54, 1.807) is 12.1 Å². The molecule has 2 aromatic rings. The minimum Gasteiger partial charge on any atom is -0.366 e. The molecule has 0 saturated carbocycles. The molecule has 1 saturated heterocycles. The van der Waals surface area contributed by atoms with Crippen molar-refractivity contribution in [3.8, 4) is 0 Å². The molecule has 1 unspecified atom stereocenters. The van der Waals surface area contributed by atoms with Crippen LogP contribution in [0.15, 0.2) is 30.3 Å². The molecule has 23 heavy (non-hydrogen) atoms. The molecule has 5 heteroatoms. The summed E-state index contributed by atoms with van der Waals surface area (Å²) in [5, 5.41) is 3.22. The highest BCUT2D eigenvalue weighted by molar-refractivity contribution is 5.50. The molecular formula is C18H23FN4. The lowest BCUT2D eigenvalue weighted by molar-refractivity contribution is 0.444. The Morgan fingerprint density at radius 3 is 2.91 bits per heavy atom. The number of hydrogen-bond acceptors (Lipinski definition) is 4. The molecule has 1 fully saturated rings. The first-order chi connectivity index (χ1) is 11.1. The summed E-state index contributed by atoms with van der Waals surface area (Å²) < 4.78 is 13.7. The van der Waals surface area contributed by atoms with Crippen LogP contribution in [0.3, 0.4) is 0 Å². The largest absolute Gasteiger partial charge is 0.366 e. The zero-order valence-electron chi connectivity index (χ0n) is 13.7. The second-order valence-corrected chi connectivity index (χ2v) is 6.30. The summed E-state index contributed by atoms with van der Waals surface area (Å²) >= 11 is 0. The Hall–Kier alpha value is -2.17. The van der Waals surface area contributed by atoms with Crippen molar-refractivity contribution >= 4 is 11.6 Å². The summed E-state index contributed by atoms with van der Waals surface area (Å²) in [6.07, 6.45) is 2.47. The first kappa shape index (κ1) is 15.7. The third kappa shape index (κ3) is 3.97. The van der Waals surface area contributed by atoms with Crippen molar-refractivity contribution in [2.75, 3.05) is 23.3 Å². The second-order valence-electron chi connectivity index (χ2n) is 6.30. The maximum atomic E-state index is 13.7. The molecule has 1 aromatic heterocycles. The fraction of sp³-hybridized carbons (Fsp3) is 0.444. The van der Waals surface area contributed by atoms with Crippen LogP contribution in [0, 0.1) is 18.7 Å². The van der Waals surface area contributed by atoms with Crippen LogP contribution in [0.25, 0.3) is 0 Å². The van der Waals surface area contributed by atoms with Crippen LogP contribution in [0.4, 0.5) is 16.0 Å². The number of anilines is 2. The van der Waals surface area contributed by atoms with E-state index in [-0.39, 0.29) is 5.82 Å². The Balaban J connectivity index is 1.74. The maximum Gasteiger partial charge on any atom is 0.134 e. The number of aromatic nitrogens is 2. The predicted octanol–water partition coefficient (Wildman–Crippen LogP) is 3.77. The minimum atomic E-state index is -0.198. The monoisotopic (exact) mass is 314 g/mol. The summed E-state index contributed by atoms with van der Waals surface area (Å²) in [6.45, 7) is 6.65. The van der Waals surface area contributed by atoms with E-state index in [1.807, 2.05) is 19.1 Å². The highest BCUT2D eigenvalue weighted by atomic mass is 19.1. The molecule has 4 nitrogen and oxygen atoms in total. The number of benzene rings is 1. The smallest absolute Gasteiger partial charge is 0.134 e. The zero-order chi connectivity index (χ0) is 16.2. The molecule has 1 aromatic carbocycles. The van der Waals surface area contributed by atoms with Gasteiger partial charge in [-0.15, -0.1) is 0 Å². The van der Waals surface area contributed by atoms with Crippen LogP contribution in [0.5, 0.6) is 0 Å². The van der Waals surface area contributed by atoms with Gasteiger partial charge in [-0.05, 0) is 31.7 Å². The van der Waals surface area contributed by atoms with Crippen molar-refractivity contribution in [2.24, 2.45) is 5.92 Å². The lowest BCUT2D eigenvalue weighted by Crippen LogP contribution is -2.35. The van der Waals surface area contributed by atoms with Gasteiger partial charge in [0.05, 0.1) is 0 Å². The second kappa shape index (κ2) is 6.94. The summed E-state index contributed by atoms with van der Waals surface area (Å²) in [4.78, 5) is 11.3. The fourth-order valence-electron chi connectivity index (χ4n) is 3.03. The Bertz CT molecular complexity index is 674. The van der Waals surface area contributed by atoms with Gasteiger partial charge in [0, 0.05) is 31.3 Å². The van der Waals surface area contributed by atoms with Crippen LogP contribution in [-0.4, -0.2) is 23.1 Å². The molecule has 0 spiro atoms. The standard InChI is InChI=1S/C18H23FN4/c1-13-6-5-9-23(12-13)18-10-17(21-14(2)22-18)20-11-15-7-3-4-8-16(15)19/h3-4,7-8,10,13H,5-6,9,11-12H2,1-2H3,(H,20,21,22). The van der Waals surface area contributed by atoms with Crippen LogP contribution < -0.4 is 10.2 Å². The van der Waals surface area contributed by atoms with Crippen molar-refractivity contribution in [1.29, 1.82) is 0 Å². The maximum absolute atomic E-state index is 13.7. The Morgan fingerprint density at radius 2 is 2.13 bits per heavy atom. The first-order valence-electron chi connectivity index (χ1n) is 8.20. The molecule has 1 aliphatic rings. The Morgan fingerprint density at radius 1 is 1.30 bits per heavy atom. The molecule has 0 radical (unpaired) electrons. The van der Waals surface area contributed by atoms with Crippen molar-refractivity contribution < 1.29 is 4.39 Å². The SMILES string of the molecule is Cc1nc(NCc2ccccc2F)cc(N2CCCC(C)C2)n1. The Kier molecular flexibility index (Phi) is 4.74.